The molecule has 0 unspecified atom stereocenters. The highest BCUT2D eigenvalue weighted by molar-refractivity contribution is 5.95. The molecule has 7 heteroatoms. The summed E-state index contributed by atoms with van der Waals surface area (Å²) in [5.41, 5.74) is 0. The van der Waals surface area contributed by atoms with E-state index < -0.39 is 12.2 Å². The zero-order valence-electron chi connectivity index (χ0n) is 32.0. The highest BCUT2D eigenvalue weighted by Crippen LogP contribution is 2.27. The van der Waals surface area contributed by atoms with Crippen LogP contribution >= 0.6 is 0 Å². The van der Waals surface area contributed by atoms with E-state index in [1.54, 1.807) is 12.2 Å². The number of hydrogen-bond acceptors (Lipinski definition) is 7. The van der Waals surface area contributed by atoms with Crippen LogP contribution < -0.4 is 0 Å². The highest BCUT2D eigenvalue weighted by atomic mass is 16.6. The van der Waals surface area contributed by atoms with Crippen molar-refractivity contribution in [2.24, 2.45) is 11.8 Å². The summed E-state index contributed by atoms with van der Waals surface area (Å²) in [5, 5.41) is 20.2. The van der Waals surface area contributed by atoms with Gasteiger partial charge in [-0.25, -0.2) is 0 Å². The normalized spacial score (nSPS) is 17.2. The van der Waals surface area contributed by atoms with Crippen LogP contribution in [-0.4, -0.2) is 53.4 Å². The molecule has 2 N–H and O–H groups in total. The summed E-state index contributed by atoms with van der Waals surface area (Å²) in [5.74, 6) is -0.782. The molecule has 0 radical (unpaired) electrons. The predicted octanol–water partition coefficient (Wildman–Crippen LogP) is 10.5. The number of carbonyl (C=O) groups excluding carboxylic acids is 3. The van der Waals surface area contributed by atoms with Gasteiger partial charge in [-0.15, -0.1) is 0 Å². The van der Waals surface area contributed by atoms with Crippen molar-refractivity contribution in [3.63, 3.8) is 0 Å². The monoisotopic (exact) mass is 703 g/mol. The Labute approximate surface area is 305 Å². The summed E-state index contributed by atoms with van der Waals surface area (Å²) in [7, 11) is 0. The predicted molar refractivity (Wildman–Crippen MR) is 205 cm³/mol. The van der Waals surface area contributed by atoms with E-state index in [-0.39, 0.29) is 49.2 Å². The van der Waals surface area contributed by atoms with Gasteiger partial charge in [0.15, 0.2) is 5.78 Å². The van der Waals surface area contributed by atoms with E-state index in [1.807, 2.05) is 24.3 Å². The minimum atomic E-state index is -1.03. The Balaban J connectivity index is 1.97. The molecule has 0 saturated heterocycles. The minimum Gasteiger partial charge on any atom is -0.463 e. The molecule has 0 heterocycles. The first-order valence-electron chi connectivity index (χ1n) is 20.6. The molecule has 0 aliphatic heterocycles. The molecule has 0 amide bonds. The third kappa shape index (κ3) is 26.5. The van der Waals surface area contributed by atoms with Crippen molar-refractivity contribution >= 4 is 17.7 Å². The average molecular weight is 703 g/mol. The van der Waals surface area contributed by atoms with Gasteiger partial charge in [0.1, 0.15) is 19.3 Å². The van der Waals surface area contributed by atoms with E-state index in [0.717, 1.165) is 51.4 Å². The lowest BCUT2D eigenvalue weighted by Crippen LogP contribution is -2.25. The van der Waals surface area contributed by atoms with Gasteiger partial charge < -0.3 is 19.7 Å². The number of allylic oxidation sites excluding steroid dienone is 5. The van der Waals surface area contributed by atoms with Gasteiger partial charge in [-0.3, -0.25) is 14.4 Å². The molecule has 0 aromatic heterocycles. The lowest BCUT2D eigenvalue weighted by Gasteiger charge is -2.13. The quantitative estimate of drug-likeness (QED) is 0.0390. The van der Waals surface area contributed by atoms with Crippen LogP contribution in [0.4, 0.5) is 0 Å². The summed E-state index contributed by atoms with van der Waals surface area (Å²) in [6, 6.07) is 0. The molecule has 0 aromatic carbocycles. The number of unbranched alkanes of at least 4 members (excludes halogenated alkanes) is 19. The number of esters is 2. The second-order valence-corrected chi connectivity index (χ2v) is 14.4. The van der Waals surface area contributed by atoms with Gasteiger partial charge in [0, 0.05) is 18.8 Å². The fraction of sp³-hybridized carbons (Fsp3) is 0.791. The number of ether oxygens (including phenoxy) is 2. The Morgan fingerprint density at radius 1 is 0.680 bits per heavy atom. The number of hydrogen-bond donors (Lipinski definition) is 2. The Morgan fingerprint density at radius 2 is 1.16 bits per heavy atom. The second kappa shape index (κ2) is 32.6. The van der Waals surface area contributed by atoms with Crippen molar-refractivity contribution in [2.75, 3.05) is 13.2 Å². The zero-order chi connectivity index (χ0) is 36.5. The molecule has 0 fully saturated rings. The number of ketones is 1. The second-order valence-electron chi connectivity index (χ2n) is 14.4. The van der Waals surface area contributed by atoms with Gasteiger partial charge in [0.25, 0.3) is 0 Å². The zero-order valence-corrected chi connectivity index (χ0v) is 32.0. The van der Waals surface area contributed by atoms with Crippen molar-refractivity contribution in [3.05, 3.63) is 36.5 Å². The van der Waals surface area contributed by atoms with Crippen LogP contribution in [0.2, 0.25) is 0 Å². The Hall–Kier alpha value is -2.25. The maximum Gasteiger partial charge on any atom is 0.305 e. The molecular weight excluding hydrogens is 628 g/mol. The van der Waals surface area contributed by atoms with Crippen molar-refractivity contribution in [3.8, 4) is 0 Å². The molecule has 0 bridgehead atoms. The van der Waals surface area contributed by atoms with Crippen molar-refractivity contribution < 1.29 is 34.1 Å². The summed E-state index contributed by atoms with van der Waals surface area (Å²) in [6.07, 6.45) is 38.2. The number of rotatable bonds is 34. The minimum absolute atomic E-state index is 0.0747. The molecular formula is C43H74O7. The smallest absolute Gasteiger partial charge is 0.305 e. The van der Waals surface area contributed by atoms with Crippen LogP contribution in [-0.2, 0) is 23.9 Å². The van der Waals surface area contributed by atoms with Gasteiger partial charge >= 0.3 is 11.9 Å². The third-order valence-electron chi connectivity index (χ3n) is 9.63. The van der Waals surface area contributed by atoms with Crippen molar-refractivity contribution in [2.45, 2.75) is 193 Å². The molecule has 50 heavy (non-hydrogen) atoms. The van der Waals surface area contributed by atoms with Gasteiger partial charge in [0.2, 0.25) is 0 Å². The van der Waals surface area contributed by atoms with Gasteiger partial charge in [-0.1, -0.05) is 166 Å². The molecule has 7 nitrogen and oxygen atoms in total. The first kappa shape index (κ1) is 45.8. The van der Waals surface area contributed by atoms with Crippen LogP contribution in [0, 0.1) is 11.8 Å². The van der Waals surface area contributed by atoms with Crippen LogP contribution in [0.25, 0.3) is 0 Å². The lowest BCUT2D eigenvalue weighted by molar-refractivity contribution is -0.152. The molecule has 0 aromatic rings. The number of carbonyl (C=O) groups is 3. The van der Waals surface area contributed by atoms with E-state index in [1.165, 1.54) is 89.9 Å². The van der Waals surface area contributed by atoms with E-state index in [2.05, 4.69) is 13.8 Å². The maximum atomic E-state index is 12.3. The fourth-order valence-corrected chi connectivity index (χ4v) is 6.37. The van der Waals surface area contributed by atoms with Crippen LogP contribution in [0.3, 0.4) is 0 Å². The molecule has 0 saturated carbocycles. The van der Waals surface area contributed by atoms with Gasteiger partial charge in [-0.05, 0) is 44.1 Å². The summed E-state index contributed by atoms with van der Waals surface area (Å²) in [6.45, 7) is 4.04. The number of aliphatic hydroxyl groups excluding tert-OH is 2. The Bertz CT molecular complexity index is 940. The first-order valence-corrected chi connectivity index (χ1v) is 20.6. The van der Waals surface area contributed by atoms with E-state index in [4.69, 9.17) is 9.47 Å². The summed E-state index contributed by atoms with van der Waals surface area (Å²) >= 11 is 0. The highest BCUT2D eigenvalue weighted by Gasteiger charge is 2.27. The maximum absolute atomic E-state index is 12.3. The number of aliphatic hydroxyl groups is 2. The largest absolute Gasteiger partial charge is 0.463 e. The first-order chi connectivity index (χ1) is 24.4. The molecule has 4 atom stereocenters. The van der Waals surface area contributed by atoms with Crippen LogP contribution in [0.5, 0.6) is 0 Å². The summed E-state index contributed by atoms with van der Waals surface area (Å²) in [4.78, 5) is 36.3. The van der Waals surface area contributed by atoms with E-state index in [0.29, 0.717) is 19.3 Å². The van der Waals surface area contributed by atoms with Crippen molar-refractivity contribution in [1.82, 2.24) is 0 Å². The van der Waals surface area contributed by atoms with Crippen molar-refractivity contribution in [1.29, 1.82) is 0 Å². The summed E-state index contributed by atoms with van der Waals surface area (Å²) < 4.78 is 10.3. The molecule has 1 aliphatic rings. The van der Waals surface area contributed by atoms with E-state index in [9.17, 15) is 24.6 Å². The molecule has 288 valence electrons. The van der Waals surface area contributed by atoms with Gasteiger partial charge in [0.05, 0.1) is 6.10 Å². The molecule has 0 spiro atoms. The Morgan fingerprint density at radius 3 is 1.70 bits per heavy atom. The van der Waals surface area contributed by atoms with E-state index >= 15 is 0 Å². The average Bonchev–Trinajstić information content (AvgIpc) is 3.46. The molecule has 1 rings (SSSR count). The Kier molecular flexibility index (Phi) is 29.9. The topological polar surface area (TPSA) is 110 Å². The fourth-order valence-electron chi connectivity index (χ4n) is 6.37. The third-order valence-corrected chi connectivity index (χ3v) is 9.63. The lowest BCUT2D eigenvalue weighted by atomic mass is 9.90. The van der Waals surface area contributed by atoms with Crippen LogP contribution in [0.15, 0.2) is 36.5 Å². The SMILES string of the molecule is CCCCCCCCCCCCCCCCCCCC(=O)OC[C@@H](O)COC(=O)CCC/C=C\C[C@H]1C=CC(=O)[C@@H]1/C=C/[C@@H](O)CCCCC. The van der Waals surface area contributed by atoms with Gasteiger partial charge in [-0.2, -0.15) is 0 Å². The molecule has 1 aliphatic carbocycles. The van der Waals surface area contributed by atoms with Crippen LogP contribution in [0.1, 0.15) is 181 Å². The standard InChI is InChI=1S/C43H74O7/c1-3-5-7-8-9-10-11-12-13-14-15-16-17-18-19-20-25-29-42(47)49-35-39(45)36-50-43(48)30-26-22-21-24-27-37-31-34-41(46)40(37)33-32-38(44)28-23-6-4-2/h21,24,31-34,37-40,44-45H,3-20,22-23,25-30,35-36H2,1-2H3/b24-21-,33-32+/t37-,38-,39+,40+/m0/s1.